The summed E-state index contributed by atoms with van der Waals surface area (Å²) in [6.45, 7) is 3.73. The maximum absolute atomic E-state index is 4.23. The third kappa shape index (κ3) is 2.67. The molecule has 0 saturated carbocycles. The molecule has 3 heteroatoms. The summed E-state index contributed by atoms with van der Waals surface area (Å²) >= 11 is 0. The number of aromatic nitrogens is 2. The first kappa shape index (κ1) is 9.93. The smallest absolute Gasteiger partial charge is 0.0925 e. The molecule has 0 bridgehead atoms. The summed E-state index contributed by atoms with van der Waals surface area (Å²) in [6, 6.07) is 10.4. The molecule has 1 heterocycles. The zero-order valence-electron chi connectivity index (χ0n) is 8.83. The van der Waals surface area contributed by atoms with Gasteiger partial charge in [0.15, 0.2) is 0 Å². The molecule has 0 fully saturated rings. The van der Waals surface area contributed by atoms with E-state index in [2.05, 4.69) is 39.6 Å². The normalized spacial score (nSPS) is 10.5. The molecule has 2 rings (SSSR count). The molecule has 15 heavy (non-hydrogen) atoms. The average Bonchev–Trinajstić information content (AvgIpc) is 2.66. The Hall–Kier alpha value is -1.61. The van der Waals surface area contributed by atoms with Crippen molar-refractivity contribution in [2.24, 2.45) is 0 Å². The van der Waals surface area contributed by atoms with Crippen LogP contribution in [0.15, 0.2) is 36.7 Å². The Labute approximate surface area is 89.6 Å². The molecule has 0 saturated heterocycles. The van der Waals surface area contributed by atoms with E-state index < -0.39 is 0 Å². The average molecular weight is 201 g/mol. The lowest BCUT2D eigenvalue weighted by atomic mass is 10.2. The van der Waals surface area contributed by atoms with Crippen LogP contribution in [0, 0.1) is 6.92 Å². The highest BCUT2D eigenvalue weighted by atomic mass is 14.9. The molecule has 3 nitrogen and oxygen atoms in total. The van der Waals surface area contributed by atoms with E-state index in [0.717, 1.165) is 24.5 Å². The Morgan fingerprint density at radius 2 is 2.00 bits per heavy atom. The monoisotopic (exact) mass is 201 g/mol. The maximum Gasteiger partial charge on any atom is 0.0925 e. The minimum absolute atomic E-state index is 0.810. The molecule has 0 unspecified atom stereocenters. The number of rotatable bonds is 4. The number of aromatic amines is 1. The highest BCUT2D eigenvalue weighted by Gasteiger charge is 1.99. The fourth-order valence-corrected chi connectivity index (χ4v) is 1.49. The Morgan fingerprint density at radius 3 is 2.67 bits per heavy atom. The maximum atomic E-state index is 4.23. The van der Waals surface area contributed by atoms with Crippen molar-refractivity contribution >= 4 is 0 Å². The first-order valence-corrected chi connectivity index (χ1v) is 5.10. The Balaban J connectivity index is 1.83. The summed E-state index contributed by atoms with van der Waals surface area (Å²) in [5.41, 5.74) is 3.52. The van der Waals surface area contributed by atoms with Crippen molar-refractivity contribution in [2.45, 2.75) is 20.0 Å². The molecule has 1 aromatic carbocycles. The summed E-state index contributed by atoms with van der Waals surface area (Å²) < 4.78 is 0. The van der Waals surface area contributed by atoms with Crippen molar-refractivity contribution < 1.29 is 0 Å². The van der Waals surface area contributed by atoms with Crippen LogP contribution in [0.3, 0.4) is 0 Å². The Morgan fingerprint density at radius 1 is 1.20 bits per heavy atom. The van der Waals surface area contributed by atoms with Gasteiger partial charge in [-0.15, -0.1) is 0 Å². The van der Waals surface area contributed by atoms with Crippen LogP contribution in [0.5, 0.6) is 0 Å². The third-order valence-corrected chi connectivity index (χ3v) is 2.40. The van der Waals surface area contributed by atoms with Crippen molar-refractivity contribution in [1.29, 1.82) is 0 Å². The van der Waals surface area contributed by atoms with Crippen molar-refractivity contribution in [1.82, 2.24) is 15.3 Å². The van der Waals surface area contributed by atoms with Gasteiger partial charge >= 0.3 is 0 Å². The van der Waals surface area contributed by atoms with Crippen LogP contribution >= 0.6 is 0 Å². The number of imidazole rings is 1. The third-order valence-electron chi connectivity index (χ3n) is 2.40. The van der Waals surface area contributed by atoms with E-state index in [0.29, 0.717) is 0 Å². The quantitative estimate of drug-likeness (QED) is 0.794. The first-order valence-electron chi connectivity index (χ1n) is 5.10. The lowest BCUT2D eigenvalue weighted by Crippen LogP contribution is -2.13. The highest BCUT2D eigenvalue weighted by Crippen LogP contribution is 2.01. The molecule has 1 aromatic heterocycles. The minimum Gasteiger partial charge on any atom is -0.348 e. The zero-order valence-corrected chi connectivity index (χ0v) is 8.83. The standard InChI is InChI=1S/C12H15N3/c1-10-12(15-9-14-10)8-13-7-11-5-3-2-4-6-11/h2-6,9,13H,7-8H2,1H3,(H,14,15). The van der Waals surface area contributed by atoms with Crippen LogP contribution < -0.4 is 5.32 Å². The molecule has 78 valence electrons. The van der Waals surface area contributed by atoms with Gasteiger partial charge in [-0.3, -0.25) is 0 Å². The molecular weight excluding hydrogens is 186 g/mol. The summed E-state index contributed by atoms with van der Waals surface area (Å²) in [5.74, 6) is 0. The minimum atomic E-state index is 0.810. The SMILES string of the molecule is Cc1[nH]cnc1CNCc1ccccc1. The molecule has 0 radical (unpaired) electrons. The van der Waals surface area contributed by atoms with E-state index in [1.54, 1.807) is 6.33 Å². The second-order valence-corrected chi connectivity index (χ2v) is 3.56. The molecular formula is C12H15N3. The summed E-state index contributed by atoms with van der Waals surface area (Å²) in [7, 11) is 0. The van der Waals surface area contributed by atoms with Gasteiger partial charge in [-0.05, 0) is 12.5 Å². The fourth-order valence-electron chi connectivity index (χ4n) is 1.49. The van der Waals surface area contributed by atoms with Gasteiger partial charge in [0.05, 0.1) is 12.0 Å². The van der Waals surface area contributed by atoms with Crippen LogP contribution in [-0.2, 0) is 13.1 Å². The second-order valence-electron chi connectivity index (χ2n) is 3.56. The largest absolute Gasteiger partial charge is 0.348 e. The van der Waals surface area contributed by atoms with Crippen LogP contribution in [-0.4, -0.2) is 9.97 Å². The van der Waals surface area contributed by atoms with Gasteiger partial charge in [-0.1, -0.05) is 30.3 Å². The number of H-pyrrole nitrogens is 1. The zero-order chi connectivity index (χ0) is 10.5. The van der Waals surface area contributed by atoms with Crippen molar-refractivity contribution in [3.63, 3.8) is 0 Å². The predicted molar refractivity (Wildman–Crippen MR) is 60.3 cm³/mol. The number of aryl methyl sites for hydroxylation is 1. The molecule has 0 spiro atoms. The second kappa shape index (κ2) is 4.75. The summed E-state index contributed by atoms with van der Waals surface area (Å²) in [5, 5.41) is 3.36. The van der Waals surface area contributed by atoms with E-state index in [4.69, 9.17) is 0 Å². The molecule has 2 aromatic rings. The fraction of sp³-hybridized carbons (Fsp3) is 0.250. The van der Waals surface area contributed by atoms with Gasteiger partial charge < -0.3 is 10.3 Å². The number of hydrogen-bond acceptors (Lipinski definition) is 2. The predicted octanol–water partition coefficient (Wildman–Crippen LogP) is 2.01. The number of benzene rings is 1. The molecule has 0 amide bonds. The van der Waals surface area contributed by atoms with Crippen LogP contribution in [0.2, 0.25) is 0 Å². The van der Waals surface area contributed by atoms with E-state index >= 15 is 0 Å². The summed E-state index contributed by atoms with van der Waals surface area (Å²) in [4.78, 5) is 7.30. The van der Waals surface area contributed by atoms with Gasteiger partial charge in [-0.2, -0.15) is 0 Å². The number of nitrogens with zero attached hydrogens (tertiary/aromatic N) is 1. The topological polar surface area (TPSA) is 40.7 Å². The number of nitrogens with one attached hydrogen (secondary N) is 2. The van der Waals surface area contributed by atoms with E-state index in [1.807, 2.05) is 13.0 Å². The lowest BCUT2D eigenvalue weighted by Gasteiger charge is -2.03. The van der Waals surface area contributed by atoms with Gasteiger partial charge in [0.1, 0.15) is 0 Å². The van der Waals surface area contributed by atoms with Gasteiger partial charge in [-0.25, -0.2) is 4.98 Å². The molecule has 0 aliphatic carbocycles. The van der Waals surface area contributed by atoms with Gasteiger partial charge in [0, 0.05) is 18.8 Å². The molecule has 0 aliphatic heterocycles. The van der Waals surface area contributed by atoms with Crippen LogP contribution in [0.4, 0.5) is 0 Å². The van der Waals surface area contributed by atoms with E-state index in [1.165, 1.54) is 5.56 Å². The number of hydrogen-bond donors (Lipinski definition) is 2. The van der Waals surface area contributed by atoms with Crippen LogP contribution in [0.25, 0.3) is 0 Å². The lowest BCUT2D eigenvalue weighted by molar-refractivity contribution is 0.679. The van der Waals surface area contributed by atoms with Crippen molar-refractivity contribution in [3.05, 3.63) is 53.6 Å². The molecule has 0 aliphatic rings. The highest BCUT2D eigenvalue weighted by molar-refractivity contribution is 5.14. The van der Waals surface area contributed by atoms with Gasteiger partial charge in [0.2, 0.25) is 0 Å². The van der Waals surface area contributed by atoms with E-state index in [-0.39, 0.29) is 0 Å². The van der Waals surface area contributed by atoms with Gasteiger partial charge in [0.25, 0.3) is 0 Å². The Bertz CT molecular complexity index is 406. The van der Waals surface area contributed by atoms with Crippen molar-refractivity contribution in [2.75, 3.05) is 0 Å². The Kier molecular flexibility index (Phi) is 3.15. The van der Waals surface area contributed by atoms with Crippen LogP contribution in [0.1, 0.15) is 17.0 Å². The van der Waals surface area contributed by atoms with E-state index in [9.17, 15) is 0 Å². The molecule has 2 N–H and O–H groups in total. The van der Waals surface area contributed by atoms with Crippen molar-refractivity contribution in [3.8, 4) is 0 Å². The summed E-state index contributed by atoms with van der Waals surface area (Å²) in [6.07, 6.45) is 1.73. The molecule has 0 atom stereocenters. The first-order chi connectivity index (χ1) is 7.36.